The maximum Gasteiger partial charge on any atom is 0.410 e. The van der Waals surface area contributed by atoms with E-state index < -0.39 is 5.60 Å². The lowest BCUT2D eigenvalue weighted by atomic mass is 9.95. The lowest BCUT2D eigenvalue weighted by Crippen LogP contribution is -2.43. The second-order valence-electron chi connectivity index (χ2n) is 8.33. The lowest BCUT2D eigenvalue weighted by molar-refractivity contribution is 0.0154. The minimum Gasteiger partial charge on any atom is -0.474 e. The van der Waals surface area contributed by atoms with Crippen LogP contribution in [-0.2, 0) is 4.74 Å². The Morgan fingerprint density at radius 3 is 2.41 bits per heavy atom. The number of ether oxygens (including phenoxy) is 3. The van der Waals surface area contributed by atoms with Crippen molar-refractivity contribution in [2.75, 3.05) is 26.3 Å². The van der Waals surface area contributed by atoms with Crippen molar-refractivity contribution in [2.45, 2.75) is 52.6 Å². The third kappa shape index (κ3) is 5.95. The molecule has 0 spiro atoms. The number of para-hydroxylation sites is 2. The number of hydrogen-bond donors (Lipinski definition) is 0. The molecule has 2 aromatic rings. The predicted molar refractivity (Wildman–Crippen MR) is 111 cm³/mol. The van der Waals surface area contributed by atoms with Crippen molar-refractivity contribution in [3.63, 3.8) is 0 Å². The van der Waals surface area contributed by atoms with Gasteiger partial charge in [-0.15, -0.1) is 0 Å². The number of amides is 1. The first-order chi connectivity index (χ1) is 13.9. The third-order valence-corrected chi connectivity index (χ3v) is 4.73. The zero-order chi connectivity index (χ0) is 20.9. The van der Waals surface area contributed by atoms with E-state index in [-0.39, 0.29) is 6.09 Å². The van der Waals surface area contributed by atoms with E-state index >= 15 is 0 Å². The summed E-state index contributed by atoms with van der Waals surface area (Å²) in [6.07, 6.45) is 2.65. The highest BCUT2D eigenvalue weighted by molar-refractivity contribution is 5.75. The fraction of sp³-hybridized carbons (Fsp3) is 0.591. The molecule has 0 radical (unpaired) electrons. The number of aromatic nitrogens is 2. The zero-order valence-corrected chi connectivity index (χ0v) is 17.8. The van der Waals surface area contributed by atoms with Gasteiger partial charge in [-0.1, -0.05) is 12.1 Å². The molecule has 0 bridgehead atoms. The minimum absolute atomic E-state index is 0.234. The Balaban J connectivity index is 1.58. The first-order valence-corrected chi connectivity index (χ1v) is 10.4. The van der Waals surface area contributed by atoms with Gasteiger partial charge in [-0.05, 0) is 65.0 Å². The first-order valence-electron chi connectivity index (χ1n) is 10.4. The fourth-order valence-corrected chi connectivity index (χ4v) is 3.41. The van der Waals surface area contributed by atoms with Crippen LogP contribution in [0, 0.1) is 5.92 Å². The highest BCUT2D eigenvalue weighted by atomic mass is 16.6. The molecule has 1 saturated heterocycles. The summed E-state index contributed by atoms with van der Waals surface area (Å²) in [5.41, 5.74) is 1.08. The van der Waals surface area contributed by atoms with Crippen molar-refractivity contribution < 1.29 is 19.0 Å². The van der Waals surface area contributed by atoms with Gasteiger partial charge >= 0.3 is 6.09 Å². The lowest BCUT2D eigenvalue weighted by Gasteiger charge is -2.34. The summed E-state index contributed by atoms with van der Waals surface area (Å²) in [6.45, 7) is 10.0. The molecule has 1 aromatic heterocycles. The van der Waals surface area contributed by atoms with E-state index in [4.69, 9.17) is 14.2 Å². The molecule has 1 fully saturated rings. The van der Waals surface area contributed by atoms with E-state index in [9.17, 15) is 4.79 Å². The number of hydrogen-bond acceptors (Lipinski definition) is 6. The van der Waals surface area contributed by atoms with Crippen molar-refractivity contribution in [3.05, 3.63) is 24.3 Å². The molecular weight excluding hydrogens is 370 g/mol. The van der Waals surface area contributed by atoms with Crippen LogP contribution in [0.15, 0.2) is 24.3 Å². The summed E-state index contributed by atoms with van der Waals surface area (Å²) >= 11 is 0. The minimum atomic E-state index is -0.475. The maximum atomic E-state index is 12.3. The number of fused-ring (bicyclic) bond motifs is 1. The number of likely N-dealkylation sites (tertiary alicyclic amines) is 1. The normalized spacial score (nSPS) is 17.2. The average molecular weight is 402 g/mol. The largest absolute Gasteiger partial charge is 0.474 e. The Labute approximate surface area is 172 Å². The summed E-state index contributed by atoms with van der Waals surface area (Å²) in [5, 5.41) is 0. The van der Waals surface area contributed by atoms with Gasteiger partial charge < -0.3 is 19.1 Å². The molecule has 7 nitrogen and oxygen atoms in total. The van der Waals surface area contributed by atoms with Gasteiger partial charge in [-0.3, -0.25) is 0 Å². The fourth-order valence-electron chi connectivity index (χ4n) is 3.41. The smallest absolute Gasteiger partial charge is 0.410 e. The molecule has 1 amide bonds. The monoisotopic (exact) mass is 401 g/mol. The Hall–Kier alpha value is -2.57. The highest BCUT2D eigenvalue weighted by Gasteiger charge is 2.27. The Kier molecular flexibility index (Phi) is 6.77. The Morgan fingerprint density at radius 2 is 1.79 bits per heavy atom. The van der Waals surface area contributed by atoms with E-state index in [0.29, 0.717) is 37.4 Å². The van der Waals surface area contributed by atoms with E-state index in [1.165, 1.54) is 0 Å². The van der Waals surface area contributed by atoms with E-state index in [1.807, 2.05) is 52.0 Å². The number of benzene rings is 1. The summed E-state index contributed by atoms with van der Waals surface area (Å²) in [4.78, 5) is 23.2. The molecule has 1 atom stereocenters. The third-order valence-electron chi connectivity index (χ3n) is 4.73. The van der Waals surface area contributed by atoms with Crippen molar-refractivity contribution in [1.82, 2.24) is 14.9 Å². The molecule has 0 unspecified atom stereocenters. The topological polar surface area (TPSA) is 73.8 Å². The van der Waals surface area contributed by atoms with Crippen molar-refractivity contribution >= 4 is 17.1 Å². The molecule has 1 aromatic carbocycles. The molecule has 29 heavy (non-hydrogen) atoms. The molecular formula is C22H31N3O4. The Morgan fingerprint density at radius 1 is 1.14 bits per heavy atom. The first kappa shape index (κ1) is 21.1. The van der Waals surface area contributed by atoms with Crippen LogP contribution in [0.2, 0.25) is 0 Å². The van der Waals surface area contributed by atoms with Crippen LogP contribution in [-0.4, -0.2) is 52.9 Å². The molecule has 3 rings (SSSR count). The van der Waals surface area contributed by atoms with E-state index in [1.54, 1.807) is 4.90 Å². The van der Waals surface area contributed by atoms with Gasteiger partial charge in [0.2, 0.25) is 0 Å². The number of rotatable bonds is 6. The second-order valence-corrected chi connectivity index (χ2v) is 8.33. The molecule has 158 valence electrons. The number of carbonyl (C=O) groups excluding carboxylic acids is 1. The van der Waals surface area contributed by atoms with E-state index in [0.717, 1.165) is 36.8 Å². The van der Waals surface area contributed by atoms with Gasteiger partial charge in [0.1, 0.15) is 5.60 Å². The summed E-state index contributed by atoms with van der Waals surface area (Å²) in [5.74, 6) is 1.22. The average Bonchev–Trinajstić information content (AvgIpc) is 2.67. The van der Waals surface area contributed by atoms with Crippen molar-refractivity contribution in [2.24, 2.45) is 5.92 Å². The molecule has 2 heterocycles. The van der Waals surface area contributed by atoms with Crippen LogP contribution < -0.4 is 9.47 Å². The van der Waals surface area contributed by atoms with Crippen LogP contribution in [0.3, 0.4) is 0 Å². The van der Waals surface area contributed by atoms with Crippen LogP contribution in [0.5, 0.6) is 11.8 Å². The van der Waals surface area contributed by atoms with Crippen LogP contribution in [0.1, 0.15) is 47.0 Å². The highest BCUT2D eigenvalue weighted by Crippen LogP contribution is 2.27. The van der Waals surface area contributed by atoms with Gasteiger partial charge in [0, 0.05) is 13.1 Å². The summed E-state index contributed by atoms with van der Waals surface area (Å²) < 4.78 is 17.1. The van der Waals surface area contributed by atoms with Gasteiger partial charge in [0.25, 0.3) is 11.8 Å². The number of nitrogens with zero attached hydrogens (tertiary/aromatic N) is 3. The van der Waals surface area contributed by atoms with Crippen LogP contribution in [0.4, 0.5) is 4.79 Å². The maximum absolute atomic E-state index is 12.3. The number of piperidine rings is 1. The molecule has 0 aliphatic carbocycles. The Bertz CT molecular complexity index is 834. The molecule has 1 aliphatic rings. The van der Waals surface area contributed by atoms with Crippen molar-refractivity contribution in [1.29, 1.82) is 0 Å². The van der Waals surface area contributed by atoms with Gasteiger partial charge in [-0.25, -0.2) is 14.8 Å². The van der Waals surface area contributed by atoms with Crippen LogP contribution in [0.25, 0.3) is 11.0 Å². The van der Waals surface area contributed by atoms with Gasteiger partial charge in [0.05, 0.1) is 24.2 Å². The van der Waals surface area contributed by atoms with Gasteiger partial charge in [0.15, 0.2) is 0 Å². The molecule has 0 N–H and O–H groups in total. The SMILES string of the molecule is CCOc1nc2ccccc2nc1OCC[C@@H]1CCCN(C(=O)OC(C)(C)C)C1. The number of carbonyl (C=O) groups is 1. The van der Waals surface area contributed by atoms with Crippen LogP contribution >= 0.6 is 0 Å². The summed E-state index contributed by atoms with van der Waals surface area (Å²) in [6, 6.07) is 7.66. The van der Waals surface area contributed by atoms with Gasteiger partial charge in [-0.2, -0.15) is 0 Å². The summed E-state index contributed by atoms with van der Waals surface area (Å²) in [7, 11) is 0. The molecule has 0 saturated carbocycles. The molecule has 7 heteroatoms. The second kappa shape index (κ2) is 9.29. The molecule has 1 aliphatic heterocycles. The van der Waals surface area contributed by atoms with Crippen molar-refractivity contribution in [3.8, 4) is 11.8 Å². The standard InChI is InChI=1S/C22H31N3O4/c1-5-27-19-20(24-18-11-7-6-10-17(18)23-19)28-14-12-16-9-8-13-25(15-16)21(26)29-22(2,3)4/h6-7,10-11,16H,5,8-9,12-15H2,1-4H3/t16-/m0/s1. The van der Waals surface area contributed by atoms with E-state index in [2.05, 4.69) is 9.97 Å². The quantitative estimate of drug-likeness (QED) is 0.712. The predicted octanol–water partition coefficient (Wildman–Crippen LogP) is 4.44. The zero-order valence-electron chi connectivity index (χ0n) is 17.8.